The van der Waals surface area contributed by atoms with Crippen molar-refractivity contribution in [3.05, 3.63) is 77.7 Å². The normalized spacial score (nSPS) is 11.1. The van der Waals surface area contributed by atoms with Gasteiger partial charge >= 0.3 is 11.8 Å². The van der Waals surface area contributed by atoms with Crippen molar-refractivity contribution in [1.82, 2.24) is 20.8 Å². The summed E-state index contributed by atoms with van der Waals surface area (Å²) >= 11 is 0. The van der Waals surface area contributed by atoms with Gasteiger partial charge in [0.05, 0.1) is 11.3 Å². The monoisotopic (exact) mass is 446 g/mol. The third-order valence-electron chi connectivity index (χ3n) is 4.09. The molecular weight excluding hydrogens is 427 g/mol. The fourth-order valence-electron chi connectivity index (χ4n) is 2.59. The molecule has 1 aromatic heterocycles. The molecule has 162 valence electrons. The molecule has 0 spiro atoms. The van der Waals surface area contributed by atoms with Gasteiger partial charge in [-0.05, 0) is 29.8 Å². The highest BCUT2D eigenvalue weighted by atomic mass is 32.2. The number of rotatable bonds is 9. The van der Waals surface area contributed by atoms with Crippen LogP contribution in [0, 0.1) is 5.82 Å². The van der Waals surface area contributed by atoms with E-state index in [0.29, 0.717) is 5.56 Å². The van der Waals surface area contributed by atoms with E-state index in [1.165, 1.54) is 36.4 Å². The first-order valence-electron chi connectivity index (χ1n) is 9.23. The van der Waals surface area contributed by atoms with Crippen LogP contribution in [-0.4, -0.2) is 43.5 Å². The molecule has 2 N–H and O–H groups in total. The van der Waals surface area contributed by atoms with Crippen molar-refractivity contribution in [2.75, 3.05) is 13.1 Å². The molecule has 9 nitrogen and oxygen atoms in total. The summed E-state index contributed by atoms with van der Waals surface area (Å²) in [6.07, 6.45) is 0.0805. The van der Waals surface area contributed by atoms with Crippen molar-refractivity contribution in [3.63, 3.8) is 0 Å². The average Bonchev–Trinajstić information content (AvgIpc) is 3.21. The molecule has 3 aromatic rings. The molecule has 2 amide bonds. The zero-order valence-corrected chi connectivity index (χ0v) is 17.1. The van der Waals surface area contributed by atoms with E-state index >= 15 is 0 Å². The summed E-state index contributed by atoms with van der Waals surface area (Å²) in [7, 11) is -3.67. The van der Waals surface area contributed by atoms with Gasteiger partial charge in [0, 0.05) is 13.1 Å². The standard InChI is InChI=1S/C20H19FN4O5S/c21-15-8-6-14(7-9-15)12-18(26)22-10-11-23-19(27)20-24-17(25-30-20)13-31(28,29)16-4-2-1-3-5-16/h1-9H,10-13H2,(H,22,26)(H,23,27). The van der Waals surface area contributed by atoms with Crippen molar-refractivity contribution in [2.24, 2.45) is 0 Å². The van der Waals surface area contributed by atoms with Crippen LogP contribution in [0.1, 0.15) is 22.1 Å². The fraction of sp³-hybridized carbons (Fsp3) is 0.200. The zero-order chi connectivity index (χ0) is 22.3. The highest BCUT2D eigenvalue weighted by Gasteiger charge is 2.21. The minimum absolute atomic E-state index is 0.0805. The number of amides is 2. The van der Waals surface area contributed by atoms with Gasteiger partial charge in [-0.1, -0.05) is 35.5 Å². The second kappa shape index (κ2) is 9.94. The number of benzene rings is 2. The first kappa shape index (κ1) is 22.1. The van der Waals surface area contributed by atoms with Crippen molar-refractivity contribution < 1.29 is 26.9 Å². The lowest BCUT2D eigenvalue weighted by molar-refractivity contribution is -0.120. The molecule has 2 aromatic carbocycles. The number of hydrogen-bond acceptors (Lipinski definition) is 7. The van der Waals surface area contributed by atoms with Crippen LogP contribution >= 0.6 is 0 Å². The number of hydrogen-bond donors (Lipinski definition) is 2. The Kier molecular flexibility index (Phi) is 7.08. The smallest absolute Gasteiger partial charge is 0.315 e. The Morgan fingerprint density at radius 1 is 0.968 bits per heavy atom. The van der Waals surface area contributed by atoms with Crippen LogP contribution in [0.3, 0.4) is 0 Å². The molecule has 31 heavy (non-hydrogen) atoms. The molecule has 0 fully saturated rings. The molecule has 0 atom stereocenters. The van der Waals surface area contributed by atoms with Gasteiger partial charge in [0.15, 0.2) is 15.7 Å². The van der Waals surface area contributed by atoms with Crippen LogP contribution in [-0.2, 0) is 26.8 Å². The number of nitrogens with one attached hydrogen (secondary N) is 2. The minimum Gasteiger partial charge on any atom is -0.354 e. The quantitative estimate of drug-likeness (QED) is 0.473. The molecule has 0 radical (unpaired) electrons. The molecule has 0 saturated carbocycles. The van der Waals surface area contributed by atoms with Crippen LogP contribution < -0.4 is 10.6 Å². The number of sulfone groups is 1. The van der Waals surface area contributed by atoms with Crippen molar-refractivity contribution in [1.29, 1.82) is 0 Å². The number of carbonyl (C=O) groups excluding carboxylic acids is 2. The van der Waals surface area contributed by atoms with Gasteiger partial charge in [0.2, 0.25) is 5.91 Å². The second-order valence-corrected chi connectivity index (χ2v) is 8.49. The summed E-state index contributed by atoms with van der Waals surface area (Å²) in [4.78, 5) is 27.8. The van der Waals surface area contributed by atoms with Gasteiger partial charge in [0.1, 0.15) is 11.6 Å². The summed E-state index contributed by atoms with van der Waals surface area (Å²) in [5.41, 5.74) is 0.659. The highest BCUT2D eigenvalue weighted by Crippen LogP contribution is 2.14. The Hall–Kier alpha value is -3.60. The number of halogens is 1. The topological polar surface area (TPSA) is 131 Å². The van der Waals surface area contributed by atoms with E-state index in [9.17, 15) is 22.4 Å². The maximum absolute atomic E-state index is 12.9. The van der Waals surface area contributed by atoms with Crippen LogP contribution in [0.15, 0.2) is 64.0 Å². The Bertz CT molecular complexity index is 1150. The zero-order valence-electron chi connectivity index (χ0n) is 16.2. The number of carbonyl (C=O) groups is 2. The van der Waals surface area contributed by atoms with E-state index in [1.807, 2.05) is 0 Å². The predicted octanol–water partition coefficient (Wildman–Crippen LogP) is 1.27. The molecule has 0 bridgehead atoms. The van der Waals surface area contributed by atoms with E-state index in [2.05, 4.69) is 20.8 Å². The summed E-state index contributed by atoms with van der Waals surface area (Å²) in [6.45, 7) is 0.239. The maximum atomic E-state index is 12.9. The molecular formula is C20H19FN4O5S. The summed E-state index contributed by atoms with van der Waals surface area (Å²) < 4.78 is 42.3. The van der Waals surface area contributed by atoms with Gasteiger partial charge in [-0.25, -0.2) is 12.8 Å². The number of nitrogens with zero attached hydrogens (tertiary/aromatic N) is 2. The summed E-state index contributed by atoms with van der Waals surface area (Å²) in [5, 5.41) is 8.63. The SMILES string of the molecule is O=C(Cc1ccc(F)cc1)NCCNC(=O)c1nc(CS(=O)(=O)c2ccccc2)no1. The first-order valence-corrected chi connectivity index (χ1v) is 10.9. The Morgan fingerprint density at radius 3 is 2.35 bits per heavy atom. The summed E-state index contributed by atoms with van der Waals surface area (Å²) in [6, 6.07) is 13.4. The maximum Gasteiger partial charge on any atom is 0.315 e. The minimum atomic E-state index is -3.67. The van der Waals surface area contributed by atoms with Gasteiger partial charge in [0.25, 0.3) is 0 Å². The van der Waals surface area contributed by atoms with Crippen molar-refractivity contribution >= 4 is 21.7 Å². The average molecular weight is 446 g/mol. The van der Waals surface area contributed by atoms with E-state index in [-0.39, 0.29) is 47.8 Å². The summed E-state index contributed by atoms with van der Waals surface area (Å²) in [5.74, 6) is -2.38. The van der Waals surface area contributed by atoms with Crippen LogP contribution in [0.2, 0.25) is 0 Å². The molecule has 1 heterocycles. The predicted molar refractivity (Wildman–Crippen MR) is 107 cm³/mol. The Morgan fingerprint density at radius 2 is 1.65 bits per heavy atom. The van der Waals surface area contributed by atoms with Crippen molar-refractivity contribution in [3.8, 4) is 0 Å². The van der Waals surface area contributed by atoms with E-state index < -0.39 is 21.5 Å². The van der Waals surface area contributed by atoms with Gasteiger partial charge in [-0.15, -0.1) is 0 Å². The van der Waals surface area contributed by atoms with Gasteiger partial charge in [-0.2, -0.15) is 4.98 Å². The lowest BCUT2D eigenvalue weighted by Crippen LogP contribution is -2.35. The molecule has 0 unspecified atom stereocenters. The first-order chi connectivity index (χ1) is 14.8. The molecule has 3 rings (SSSR count). The van der Waals surface area contributed by atoms with Gasteiger partial charge < -0.3 is 15.2 Å². The third kappa shape index (κ3) is 6.44. The molecule has 0 aliphatic heterocycles. The highest BCUT2D eigenvalue weighted by molar-refractivity contribution is 7.90. The van der Waals surface area contributed by atoms with E-state index in [0.717, 1.165) is 0 Å². The number of aromatic nitrogens is 2. The second-order valence-electron chi connectivity index (χ2n) is 6.50. The van der Waals surface area contributed by atoms with Crippen LogP contribution in [0.25, 0.3) is 0 Å². The van der Waals surface area contributed by atoms with Crippen LogP contribution in [0.4, 0.5) is 4.39 Å². The van der Waals surface area contributed by atoms with E-state index in [4.69, 9.17) is 4.52 Å². The third-order valence-corrected chi connectivity index (χ3v) is 5.72. The lowest BCUT2D eigenvalue weighted by atomic mass is 10.1. The lowest BCUT2D eigenvalue weighted by Gasteiger charge is -2.06. The molecule has 11 heteroatoms. The van der Waals surface area contributed by atoms with Crippen LogP contribution in [0.5, 0.6) is 0 Å². The fourth-order valence-corrected chi connectivity index (χ4v) is 3.79. The van der Waals surface area contributed by atoms with Gasteiger partial charge in [-0.3, -0.25) is 9.59 Å². The largest absolute Gasteiger partial charge is 0.354 e. The molecule has 0 aliphatic rings. The van der Waals surface area contributed by atoms with Crippen molar-refractivity contribution in [2.45, 2.75) is 17.1 Å². The Balaban J connectivity index is 1.43. The van der Waals surface area contributed by atoms with E-state index in [1.54, 1.807) is 18.2 Å². The molecule has 0 aliphatic carbocycles. The molecule has 0 saturated heterocycles. The Labute approximate surface area is 177 Å².